The highest BCUT2D eigenvalue weighted by Crippen LogP contribution is 2.17. The first kappa shape index (κ1) is 11.6. The normalized spacial score (nSPS) is 25.8. The maximum Gasteiger partial charge on any atom is 0.255 e. The number of carbonyl (C=O) groups excluding carboxylic acids is 1. The Bertz CT molecular complexity index is 378. The van der Waals surface area contributed by atoms with Crippen molar-refractivity contribution in [1.29, 1.82) is 0 Å². The minimum atomic E-state index is 0.180. The van der Waals surface area contributed by atoms with Crippen molar-refractivity contribution in [2.24, 2.45) is 0 Å². The smallest absolute Gasteiger partial charge is 0.255 e. The van der Waals surface area contributed by atoms with Gasteiger partial charge in [0.15, 0.2) is 0 Å². The molecule has 1 fully saturated rings. The predicted molar refractivity (Wildman–Crippen MR) is 67.0 cm³/mol. The Labute approximate surface area is 100 Å². The molecule has 2 atom stereocenters. The van der Waals surface area contributed by atoms with Crippen LogP contribution in [0.2, 0.25) is 0 Å². The fourth-order valence-electron chi connectivity index (χ4n) is 2.24. The molecule has 0 bridgehead atoms. The van der Waals surface area contributed by atoms with Gasteiger partial charge >= 0.3 is 0 Å². The summed E-state index contributed by atoms with van der Waals surface area (Å²) < 4.78 is 0. The molecule has 0 aliphatic carbocycles. The SMILES string of the molecule is Cc1cscc1C(=O)N1CC(C)NC(C)C1. The molecule has 1 aromatic heterocycles. The van der Waals surface area contributed by atoms with Gasteiger partial charge in [-0.1, -0.05) is 0 Å². The molecule has 4 heteroatoms. The highest BCUT2D eigenvalue weighted by molar-refractivity contribution is 7.08. The molecule has 1 amide bonds. The van der Waals surface area contributed by atoms with Gasteiger partial charge in [-0.3, -0.25) is 4.79 Å². The average Bonchev–Trinajstić information content (AvgIpc) is 2.62. The summed E-state index contributed by atoms with van der Waals surface area (Å²) in [6.07, 6.45) is 0. The lowest BCUT2D eigenvalue weighted by atomic mass is 10.1. The largest absolute Gasteiger partial charge is 0.336 e. The Hall–Kier alpha value is -0.870. The molecule has 88 valence electrons. The molecule has 1 N–H and O–H groups in total. The summed E-state index contributed by atoms with van der Waals surface area (Å²) in [5.41, 5.74) is 1.96. The number of piperazine rings is 1. The van der Waals surface area contributed by atoms with Crippen LogP contribution in [0.15, 0.2) is 10.8 Å². The number of amides is 1. The Morgan fingerprint density at radius 2 is 2.00 bits per heavy atom. The van der Waals surface area contributed by atoms with Crippen molar-refractivity contribution in [1.82, 2.24) is 10.2 Å². The molecule has 0 radical (unpaired) electrons. The lowest BCUT2D eigenvalue weighted by Crippen LogP contribution is -2.55. The van der Waals surface area contributed by atoms with Crippen molar-refractivity contribution < 1.29 is 4.79 Å². The van der Waals surface area contributed by atoms with Crippen LogP contribution in [0.3, 0.4) is 0 Å². The van der Waals surface area contributed by atoms with Gasteiger partial charge in [0.2, 0.25) is 0 Å². The number of aryl methyl sites for hydroxylation is 1. The first-order valence-electron chi connectivity index (χ1n) is 5.66. The van der Waals surface area contributed by atoms with E-state index in [4.69, 9.17) is 0 Å². The van der Waals surface area contributed by atoms with Crippen molar-refractivity contribution in [3.63, 3.8) is 0 Å². The summed E-state index contributed by atoms with van der Waals surface area (Å²) in [6, 6.07) is 0.762. The van der Waals surface area contributed by atoms with E-state index in [1.807, 2.05) is 22.6 Å². The Morgan fingerprint density at radius 1 is 1.38 bits per heavy atom. The molecular weight excluding hydrogens is 220 g/mol. The van der Waals surface area contributed by atoms with E-state index in [0.717, 1.165) is 24.2 Å². The Morgan fingerprint density at radius 3 is 2.50 bits per heavy atom. The predicted octanol–water partition coefficient (Wildman–Crippen LogP) is 1.88. The maximum absolute atomic E-state index is 12.3. The van der Waals surface area contributed by atoms with Crippen LogP contribution in [0.1, 0.15) is 29.8 Å². The molecule has 0 aromatic carbocycles. The number of nitrogens with zero attached hydrogens (tertiary/aromatic N) is 1. The molecule has 1 aliphatic rings. The van der Waals surface area contributed by atoms with Gasteiger partial charge in [-0.15, -0.1) is 0 Å². The van der Waals surface area contributed by atoms with Gasteiger partial charge in [0.25, 0.3) is 5.91 Å². The van der Waals surface area contributed by atoms with Crippen LogP contribution in [-0.2, 0) is 0 Å². The molecule has 2 rings (SSSR count). The van der Waals surface area contributed by atoms with Crippen LogP contribution in [0.25, 0.3) is 0 Å². The highest BCUT2D eigenvalue weighted by atomic mass is 32.1. The molecule has 2 unspecified atom stereocenters. The average molecular weight is 238 g/mol. The first-order chi connectivity index (χ1) is 7.58. The number of hydrogen-bond donors (Lipinski definition) is 1. The van der Waals surface area contributed by atoms with Crippen LogP contribution >= 0.6 is 11.3 Å². The van der Waals surface area contributed by atoms with Crippen molar-refractivity contribution in [3.8, 4) is 0 Å². The van der Waals surface area contributed by atoms with Gasteiger partial charge < -0.3 is 10.2 Å². The molecule has 1 aromatic rings. The van der Waals surface area contributed by atoms with E-state index in [9.17, 15) is 4.79 Å². The number of rotatable bonds is 1. The summed E-state index contributed by atoms with van der Waals surface area (Å²) in [5, 5.41) is 7.42. The Kier molecular flexibility index (Phi) is 3.30. The van der Waals surface area contributed by atoms with Crippen LogP contribution in [-0.4, -0.2) is 36.0 Å². The van der Waals surface area contributed by atoms with Gasteiger partial charge in [-0.25, -0.2) is 0 Å². The summed E-state index contributed by atoms with van der Waals surface area (Å²) in [6.45, 7) is 7.85. The van der Waals surface area contributed by atoms with E-state index < -0.39 is 0 Å². The fourth-order valence-corrected chi connectivity index (χ4v) is 3.06. The van der Waals surface area contributed by atoms with Gasteiger partial charge in [0, 0.05) is 30.6 Å². The van der Waals surface area contributed by atoms with Crippen molar-refractivity contribution in [2.75, 3.05) is 13.1 Å². The number of thiophene rings is 1. The van der Waals surface area contributed by atoms with E-state index in [2.05, 4.69) is 19.2 Å². The number of hydrogen-bond acceptors (Lipinski definition) is 3. The van der Waals surface area contributed by atoms with Crippen molar-refractivity contribution in [2.45, 2.75) is 32.9 Å². The zero-order valence-electron chi connectivity index (χ0n) is 9.99. The third-order valence-electron chi connectivity index (χ3n) is 2.93. The summed E-state index contributed by atoms with van der Waals surface area (Å²) in [7, 11) is 0. The van der Waals surface area contributed by atoms with E-state index in [-0.39, 0.29) is 5.91 Å². The van der Waals surface area contributed by atoms with Crippen molar-refractivity contribution in [3.05, 3.63) is 21.9 Å². The van der Waals surface area contributed by atoms with Crippen molar-refractivity contribution >= 4 is 17.2 Å². The van der Waals surface area contributed by atoms with E-state index in [1.165, 1.54) is 0 Å². The lowest BCUT2D eigenvalue weighted by Gasteiger charge is -2.36. The monoisotopic (exact) mass is 238 g/mol. The van der Waals surface area contributed by atoms with Gasteiger partial charge in [-0.2, -0.15) is 11.3 Å². The third-order valence-corrected chi connectivity index (χ3v) is 3.79. The number of nitrogens with one attached hydrogen (secondary N) is 1. The Balaban J connectivity index is 2.13. The lowest BCUT2D eigenvalue weighted by molar-refractivity contribution is 0.0673. The highest BCUT2D eigenvalue weighted by Gasteiger charge is 2.26. The van der Waals surface area contributed by atoms with E-state index >= 15 is 0 Å². The second-order valence-corrected chi connectivity index (χ2v) is 5.39. The number of carbonyl (C=O) groups is 1. The van der Waals surface area contributed by atoms with Crippen LogP contribution in [0.5, 0.6) is 0 Å². The van der Waals surface area contributed by atoms with E-state index in [1.54, 1.807) is 11.3 Å². The molecule has 2 heterocycles. The quantitative estimate of drug-likeness (QED) is 0.810. The third kappa shape index (κ3) is 2.28. The van der Waals surface area contributed by atoms with Crippen LogP contribution in [0.4, 0.5) is 0 Å². The zero-order chi connectivity index (χ0) is 11.7. The standard InChI is InChI=1S/C12H18N2OS/c1-8-6-16-7-11(8)12(15)14-4-9(2)13-10(3)5-14/h6-7,9-10,13H,4-5H2,1-3H3. The molecule has 16 heavy (non-hydrogen) atoms. The fraction of sp³-hybridized carbons (Fsp3) is 0.583. The second-order valence-electron chi connectivity index (χ2n) is 4.65. The van der Waals surface area contributed by atoms with Gasteiger partial charge in [0.1, 0.15) is 0 Å². The molecule has 3 nitrogen and oxygen atoms in total. The molecule has 1 saturated heterocycles. The molecule has 1 aliphatic heterocycles. The minimum absolute atomic E-state index is 0.180. The van der Waals surface area contributed by atoms with Gasteiger partial charge in [-0.05, 0) is 31.7 Å². The second kappa shape index (κ2) is 4.55. The van der Waals surface area contributed by atoms with Crippen LogP contribution < -0.4 is 5.32 Å². The summed E-state index contributed by atoms with van der Waals surface area (Å²) in [5.74, 6) is 0.180. The minimum Gasteiger partial charge on any atom is -0.336 e. The summed E-state index contributed by atoms with van der Waals surface area (Å²) >= 11 is 1.60. The molecule has 0 spiro atoms. The van der Waals surface area contributed by atoms with Gasteiger partial charge in [0.05, 0.1) is 5.56 Å². The van der Waals surface area contributed by atoms with E-state index in [0.29, 0.717) is 12.1 Å². The molecular formula is C12H18N2OS. The zero-order valence-corrected chi connectivity index (χ0v) is 10.8. The topological polar surface area (TPSA) is 32.3 Å². The maximum atomic E-state index is 12.3. The molecule has 0 saturated carbocycles. The first-order valence-corrected chi connectivity index (χ1v) is 6.60. The van der Waals surface area contributed by atoms with Crippen LogP contribution in [0, 0.1) is 6.92 Å². The summed E-state index contributed by atoms with van der Waals surface area (Å²) in [4.78, 5) is 14.2.